The summed E-state index contributed by atoms with van der Waals surface area (Å²) in [7, 11) is 0. The largest absolute Gasteiger partial charge is 0.491 e. The first kappa shape index (κ1) is 16.1. The van der Waals surface area contributed by atoms with Crippen LogP contribution in [0.3, 0.4) is 0 Å². The number of anilines is 1. The van der Waals surface area contributed by atoms with Gasteiger partial charge in [0.25, 0.3) is 0 Å². The van der Waals surface area contributed by atoms with Gasteiger partial charge in [0.2, 0.25) is 5.91 Å². The molecule has 0 spiro atoms. The van der Waals surface area contributed by atoms with Gasteiger partial charge in [-0.2, -0.15) is 0 Å². The average Bonchev–Trinajstić information content (AvgIpc) is 2.51. The summed E-state index contributed by atoms with van der Waals surface area (Å²) in [6.45, 7) is 6.15. The molecule has 2 aromatic carbocycles. The van der Waals surface area contributed by atoms with E-state index in [1.165, 1.54) is 0 Å². The Bertz CT molecular complexity index is 620. The summed E-state index contributed by atoms with van der Waals surface area (Å²) in [5, 5.41) is 2.92. The average molecular weight is 297 g/mol. The number of hydrogen-bond donors (Lipinski definition) is 1. The molecule has 1 unspecified atom stereocenters. The van der Waals surface area contributed by atoms with Crippen molar-refractivity contribution >= 4 is 11.6 Å². The molecule has 2 rings (SSSR count). The Morgan fingerprint density at radius 1 is 1.14 bits per heavy atom. The van der Waals surface area contributed by atoms with Crippen LogP contribution >= 0.6 is 0 Å². The highest BCUT2D eigenvalue weighted by atomic mass is 16.5. The zero-order valence-electron chi connectivity index (χ0n) is 13.4. The molecular formula is C19H23NO2. The van der Waals surface area contributed by atoms with E-state index in [1.54, 1.807) is 0 Å². The number of amides is 1. The van der Waals surface area contributed by atoms with Crippen molar-refractivity contribution in [1.82, 2.24) is 0 Å². The van der Waals surface area contributed by atoms with E-state index in [-0.39, 0.29) is 12.0 Å². The first-order chi connectivity index (χ1) is 10.6. The highest BCUT2D eigenvalue weighted by Crippen LogP contribution is 2.18. The second kappa shape index (κ2) is 7.64. The van der Waals surface area contributed by atoms with Gasteiger partial charge in [-0.15, -0.1) is 0 Å². The van der Waals surface area contributed by atoms with Gasteiger partial charge in [-0.3, -0.25) is 4.79 Å². The summed E-state index contributed by atoms with van der Waals surface area (Å²) >= 11 is 0. The van der Waals surface area contributed by atoms with Gasteiger partial charge < -0.3 is 10.1 Å². The van der Waals surface area contributed by atoms with E-state index >= 15 is 0 Å². The van der Waals surface area contributed by atoms with Gasteiger partial charge in [0, 0.05) is 5.69 Å². The van der Waals surface area contributed by atoms with Gasteiger partial charge in [0.15, 0.2) is 0 Å². The van der Waals surface area contributed by atoms with E-state index in [4.69, 9.17) is 4.74 Å². The molecule has 0 aromatic heterocycles. The van der Waals surface area contributed by atoms with Crippen LogP contribution in [0.25, 0.3) is 0 Å². The van der Waals surface area contributed by atoms with Gasteiger partial charge in [0.05, 0.1) is 12.5 Å². The van der Waals surface area contributed by atoms with Gasteiger partial charge in [0.1, 0.15) is 5.75 Å². The van der Waals surface area contributed by atoms with Crippen molar-refractivity contribution in [2.45, 2.75) is 39.7 Å². The Kier molecular flexibility index (Phi) is 5.59. The Morgan fingerprint density at radius 2 is 1.82 bits per heavy atom. The third-order valence-corrected chi connectivity index (χ3v) is 3.66. The highest BCUT2D eigenvalue weighted by molar-refractivity contribution is 5.92. The van der Waals surface area contributed by atoms with Crippen LogP contribution < -0.4 is 10.1 Å². The summed E-state index contributed by atoms with van der Waals surface area (Å²) in [6.07, 6.45) is 1.55. The lowest BCUT2D eigenvalue weighted by Gasteiger charge is -2.13. The van der Waals surface area contributed by atoms with Crippen molar-refractivity contribution in [2.24, 2.45) is 0 Å². The van der Waals surface area contributed by atoms with Gasteiger partial charge in [-0.25, -0.2) is 0 Å². The second-order valence-electron chi connectivity index (χ2n) is 5.51. The number of nitrogens with one attached hydrogen (secondary N) is 1. The van der Waals surface area contributed by atoms with E-state index in [0.717, 1.165) is 29.0 Å². The molecule has 3 nitrogen and oxygen atoms in total. The molecule has 0 saturated carbocycles. The number of carbonyl (C=O) groups is 1. The van der Waals surface area contributed by atoms with Crippen molar-refractivity contribution in [3.8, 4) is 5.75 Å². The smallest absolute Gasteiger partial charge is 0.228 e. The minimum absolute atomic E-state index is 0.00936. The molecule has 0 aliphatic carbocycles. The lowest BCUT2D eigenvalue weighted by molar-refractivity contribution is -0.115. The van der Waals surface area contributed by atoms with Crippen LogP contribution in [-0.4, -0.2) is 12.0 Å². The second-order valence-corrected chi connectivity index (χ2v) is 5.51. The van der Waals surface area contributed by atoms with Crippen LogP contribution in [0, 0.1) is 6.92 Å². The SMILES string of the molecule is CCC(C)Oc1ccc(NC(=O)Cc2ccccc2C)cc1. The number of benzene rings is 2. The number of ether oxygens (including phenoxy) is 1. The fourth-order valence-electron chi connectivity index (χ4n) is 2.12. The molecule has 1 amide bonds. The van der Waals surface area contributed by atoms with Gasteiger partial charge >= 0.3 is 0 Å². The molecule has 1 N–H and O–H groups in total. The summed E-state index contributed by atoms with van der Waals surface area (Å²) in [5.41, 5.74) is 2.97. The van der Waals surface area contributed by atoms with E-state index in [9.17, 15) is 4.79 Å². The predicted octanol–water partition coefficient (Wildman–Crippen LogP) is 4.35. The maximum absolute atomic E-state index is 12.1. The van der Waals surface area contributed by atoms with Crippen molar-refractivity contribution < 1.29 is 9.53 Å². The summed E-state index contributed by atoms with van der Waals surface area (Å²) in [5.74, 6) is 0.816. The molecule has 22 heavy (non-hydrogen) atoms. The fraction of sp³-hybridized carbons (Fsp3) is 0.316. The predicted molar refractivity (Wildman–Crippen MR) is 90.3 cm³/mol. The summed E-state index contributed by atoms with van der Waals surface area (Å²) in [4.78, 5) is 12.1. The van der Waals surface area contributed by atoms with Crippen LogP contribution in [0.4, 0.5) is 5.69 Å². The van der Waals surface area contributed by atoms with E-state index in [0.29, 0.717) is 6.42 Å². The molecule has 116 valence electrons. The molecule has 1 atom stereocenters. The number of carbonyl (C=O) groups excluding carboxylic acids is 1. The number of rotatable bonds is 6. The molecule has 0 radical (unpaired) electrons. The molecule has 0 heterocycles. The lowest BCUT2D eigenvalue weighted by atomic mass is 10.1. The van der Waals surface area contributed by atoms with Gasteiger partial charge in [-0.05, 0) is 55.7 Å². The van der Waals surface area contributed by atoms with Crippen LogP contribution in [0.2, 0.25) is 0 Å². The van der Waals surface area contributed by atoms with Crippen LogP contribution in [-0.2, 0) is 11.2 Å². The quantitative estimate of drug-likeness (QED) is 0.860. The Balaban J connectivity index is 1.93. The molecule has 3 heteroatoms. The monoisotopic (exact) mass is 297 g/mol. The maximum Gasteiger partial charge on any atom is 0.228 e. The molecule has 0 aliphatic rings. The van der Waals surface area contributed by atoms with Crippen molar-refractivity contribution in [1.29, 1.82) is 0 Å². The number of hydrogen-bond acceptors (Lipinski definition) is 2. The molecule has 0 saturated heterocycles. The first-order valence-corrected chi connectivity index (χ1v) is 7.69. The Morgan fingerprint density at radius 3 is 2.45 bits per heavy atom. The Hall–Kier alpha value is -2.29. The standard InChI is InChI=1S/C19H23NO2/c1-4-15(3)22-18-11-9-17(10-12-18)20-19(21)13-16-8-6-5-7-14(16)2/h5-12,15H,4,13H2,1-3H3,(H,20,21). The summed E-state index contributed by atoms with van der Waals surface area (Å²) in [6, 6.07) is 15.4. The fourth-order valence-corrected chi connectivity index (χ4v) is 2.12. The van der Waals surface area contributed by atoms with Crippen LogP contribution in [0.5, 0.6) is 5.75 Å². The molecule has 2 aromatic rings. The third kappa shape index (κ3) is 4.62. The highest BCUT2D eigenvalue weighted by Gasteiger charge is 2.07. The van der Waals surface area contributed by atoms with Gasteiger partial charge in [-0.1, -0.05) is 31.2 Å². The molecule has 0 fully saturated rings. The number of aryl methyl sites for hydroxylation is 1. The van der Waals surface area contributed by atoms with E-state index < -0.39 is 0 Å². The molecule has 0 bridgehead atoms. The molecule has 0 aliphatic heterocycles. The van der Waals surface area contributed by atoms with Crippen molar-refractivity contribution in [3.63, 3.8) is 0 Å². The maximum atomic E-state index is 12.1. The normalized spacial score (nSPS) is 11.8. The first-order valence-electron chi connectivity index (χ1n) is 7.69. The summed E-state index contributed by atoms with van der Waals surface area (Å²) < 4.78 is 5.72. The lowest BCUT2D eigenvalue weighted by Crippen LogP contribution is -2.15. The topological polar surface area (TPSA) is 38.3 Å². The minimum Gasteiger partial charge on any atom is -0.491 e. The van der Waals surface area contributed by atoms with E-state index in [2.05, 4.69) is 12.2 Å². The van der Waals surface area contributed by atoms with Crippen molar-refractivity contribution in [2.75, 3.05) is 5.32 Å². The zero-order chi connectivity index (χ0) is 15.9. The van der Waals surface area contributed by atoms with Crippen LogP contribution in [0.15, 0.2) is 48.5 Å². The van der Waals surface area contributed by atoms with E-state index in [1.807, 2.05) is 62.4 Å². The minimum atomic E-state index is -0.00936. The zero-order valence-corrected chi connectivity index (χ0v) is 13.4. The third-order valence-electron chi connectivity index (χ3n) is 3.66. The van der Waals surface area contributed by atoms with Crippen LogP contribution in [0.1, 0.15) is 31.4 Å². The molecular weight excluding hydrogens is 274 g/mol. The Labute approximate surface area is 132 Å². The van der Waals surface area contributed by atoms with Crippen molar-refractivity contribution in [3.05, 3.63) is 59.7 Å².